The minimum Gasteiger partial charge on any atom is -0.411 e. The summed E-state index contributed by atoms with van der Waals surface area (Å²) in [6.07, 6.45) is 3.13. The molecule has 0 aliphatic carbocycles. The Bertz CT molecular complexity index is 108. The van der Waals surface area contributed by atoms with Gasteiger partial charge in [0.2, 0.25) is 0 Å². The topological polar surface area (TPSA) is 52.8 Å². The maximum Gasteiger partial charge on any atom is 0.0693 e. The Balaban J connectivity index is 3.80. The first kappa shape index (κ1) is 9.43. The molecule has 0 aromatic heterocycles. The monoisotopic (exact) mass is 145 g/mol. The fourth-order valence-corrected chi connectivity index (χ4v) is 0.749. The SMILES string of the molecule is CCC(O)(CC)CC=NO. The van der Waals surface area contributed by atoms with Crippen molar-refractivity contribution in [2.45, 2.75) is 38.7 Å². The van der Waals surface area contributed by atoms with Crippen molar-refractivity contribution < 1.29 is 10.3 Å². The molecule has 0 fully saturated rings. The van der Waals surface area contributed by atoms with Gasteiger partial charge in [-0.05, 0) is 12.8 Å². The molecule has 0 bridgehead atoms. The van der Waals surface area contributed by atoms with E-state index in [0.717, 1.165) is 0 Å². The van der Waals surface area contributed by atoms with Crippen molar-refractivity contribution in [3.63, 3.8) is 0 Å². The predicted molar refractivity (Wildman–Crippen MR) is 40.4 cm³/mol. The lowest BCUT2D eigenvalue weighted by molar-refractivity contribution is 0.0402. The molecule has 0 amide bonds. The summed E-state index contributed by atoms with van der Waals surface area (Å²) >= 11 is 0. The fourth-order valence-electron chi connectivity index (χ4n) is 0.749. The fraction of sp³-hybridized carbons (Fsp3) is 0.857. The smallest absolute Gasteiger partial charge is 0.0693 e. The molecular weight excluding hydrogens is 130 g/mol. The third-order valence-corrected chi connectivity index (χ3v) is 1.87. The van der Waals surface area contributed by atoms with Gasteiger partial charge in [0.25, 0.3) is 0 Å². The summed E-state index contributed by atoms with van der Waals surface area (Å²) in [7, 11) is 0. The summed E-state index contributed by atoms with van der Waals surface area (Å²) in [6.45, 7) is 3.82. The molecule has 0 radical (unpaired) electrons. The van der Waals surface area contributed by atoms with Gasteiger partial charge >= 0.3 is 0 Å². The molecule has 0 aliphatic heterocycles. The first-order valence-corrected chi connectivity index (χ1v) is 3.56. The predicted octanol–water partition coefficient (Wildman–Crippen LogP) is 1.39. The van der Waals surface area contributed by atoms with Gasteiger partial charge in [0.05, 0.1) is 5.60 Å². The van der Waals surface area contributed by atoms with E-state index in [0.29, 0.717) is 19.3 Å². The van der Waals surface area contributed by atoms with E-state index in [-0.39, 0.29) is 0 Å². The lowest BCUT2D eigenvalue weighted by atomic mass is 9.94. The Kier molecular flexibility index (Phi) is 4.03. The van der Waals surface area contributed by atoms with Crippen molar-refractivity contribution in [2.24, 2.45) is 5.16 Å². The van der Waals surface area contributed by atoms with Gasteiger partial charge in [-0.3, -0.25) is 0 Å². The van der Waals surface area contributed by atoms with Crippen LogP contribution in [0.5, 0.6) is 0 Å². The zero-order valence-electron chi connectivity index (χ0n) is 6.54. The Hall–Kier alpha value is -0.570. The quantitative estimate of drug-likeness (QED) is 0.357. The van der Waals surface area contributed by atoms with Crippen LogP contribution in [0.4, 0.5) is 0 Å². The molecule has 3 nitrogen and oxygen atoms in total. The first-order valence-electron chi connectivity index (χ1n) is 3.56. The number of nitrogens with zero attached hydrogens (tertiary/aromatic N) is 1. The standard InChI is InChI=1S/C7H15NO2/c1-3-7(9,4-2)5-6-8-10/h6,9-10H,3-5H2,1-2H3. The average Bonchev–Trinajstić information content (AvgIpc) is 2.00. The van der Waals surface area contributed by atoms with Gasteiger partial charge in [0, 0.05) is 12.6 Å². The number of aliphatic hydroxyl groups is 1. The summed E-state index contributed by atoms with van der Waals surface area (Å²) in [5, 5.41) is 20.5. The van der Waals surface area contributed by atoms with Crippen molar-refractivity contribution >= 4 is 6.21 Å². The molecular formula is C7H15NO2. The van der Waals surface area contributed by atoms with E-state index >= 15 is 0 Å². The minimum atomic E-state index is -0.674. The molecule has 0 saturated heterocycles. The molecule has 0 aliphatic rings. The van der Waals surface area contributed by atoms with Gasteiger partial charge in [-0.25, -0.2) is 0 Å². The lowest BCUT2D eigenvalue weighted by Gasteiger charge is -2.22. The second-order valence-electron chi connectivity index (χ2n) is 2.43. The molecule has 0 aromatic carbocycles. The molecule has 0 atom stereocenters. The second-order valence-corrected chi connectivity index (χ2v) is 2.43. The van der Waals surface area contributed by atoms with Crippen LogP contribution >= 0.6 is 0 Å². The summed E-state index contributed by atoms with van der Waals surface area (Å²) in [4.78, 5) is 0. The van der Waals surface area contributed by atoms with E-state index in [1.165, 1.54) is 6.21 Å². The number of hydrogen-bond acceptors (Lipinski definition) is 3. The maximum atomic E-state index is 9.56. The Morgan fingerprint density at radius 3 is 2.20 bits per heavy atom. The maximum absolute atomic E-state index is 9.56. The zero-order chi connectivity index (χ0) is 8.04. The Morgan fingerprint density at radius 1 is 1.40 bits per heavy atom. The number of rotatable bonds is 4. The van der Waals surface area contributed by atoms with Crippen molar-refractivity contribution in [2.75, 3.05) is 0 Å². The molecule has 0 spiro atoms. The summed E-state index contributed by atoms with van der Waals surface area (Å²) in [5.41, 5.74) is -0.674. The van der Waals surface area contributed by atoms with E-state index in [1.54, 1.807) is 0 Å². The number of hydrogen-bond donors (Lipinski definition) is 2. The molecule has 10 heavy (non-hydrogen) atoms. The highest BCUT2D eigenvalue weighted by Crippen LogP contribution is 2.17. The van der Waals surface area contributed by atoms with Gasteiger partial charge < -0.3 is 10.3 Å². The van der Waals surface area contributed by atoms with Gasteiger partial charge in [-0.15, -0.1) is 5.16 Å². The summed E-state index contributed by atoms with van der Waals surface area (Å²) < 4.78 is 0. The molecule has 2 N–H and O–H groups in total. The van der Waals surface area contributed by atoms with Crippen LogP contribution in [-0.2, 0) is 0 Å². The number of oxime groups is 1. The largest absolute Gasteiger partial charge is 0.411 e. The van der Waals surface area contributed by atoms with Crippen LogP contribution < -0.4 is 0 Å². The van der Waals surface area contributed by atoms with E-state index < -0.39 is 5.60 Å². The minimum absolute atomic E-state index is 0.427. The molecule has 3 heteroatoms. The van der Waals surface area contributed by atoms with E-state index in [4.69, 9.17) is 5.21 Å². The van der Waals surface area contributed by atoms with E-state index in [1.807, 2.05) is 13.8 Å². The van der Waals surface area contributed by atoms with E-state index in [2.05, 4.69) is 5.16 Å². The normalized spacial score (nSPS) is 12.7. The van der Waals surface area contributed by atoms with Gasteiger partial charge in [0.15, 0.2) is 0 Å². The van der Waals surface area contributed by atoms with Gasteiger partial charge in [-0.2, -0.15) is 0 Å². The zero-order valence-corrected chi connectivity index (χ0v) is 6.54. The van der Waals surface area contributed by atoms with Crippen molar-refractivity contribution in [1.29, 1.82) is 0 Å². The third kappa shape index (κ3) is 2.82. The highest BCUT2D eigenvalue weighted by Gasteiger charge is 2.20. The molecule has 0 saturated carbocycles. The van der Waals surface area contributed by atoms with Crippen LogP contribution in [0.15, 0.2) is 5.16 Å². The Morgan fingerprint density at radius 2 is 1.90 bits per heavy atom. The Labute approximate surface area is 61.4 Å². The molecule has 0 unspecified atom stereocenters. The van der Waals surface area contributed by atoms with Crippen molar-refractivity contribution in [3.05, 3.63) is 0 Å². The van der Waals surface area contributed by atoms with Crippen molar-refractivity contribution in [1.82, 2.24) is 0 Å². The van der Waals surface area contributed by atoms with Gasteiger partial charge in [0.1, 0.15) is 0 Å². The summed E-state index contributed by atoms with van der Waals surface area (Å²) in [6, 6.07) is 0. The van der Waals surface area contributed by atoms with Crippen LogP contribution in [0.3, 0.4) is 0 Å². The van der Waals surface area contributed by atoms with Crippen LogP contribution in [-0.4, -0.2) is 22.1 Å². The van der Waals surface area contributed by atoms with Crippen LogP contribution in [0.25, 0.3) is 0 Å². The highest BCUT2D eigenvalue weighted by molar-refractivity contribution is 5.57. The third-order valence-electron chi connectivity index (χ3n) is 1.87. The average molecular weight is 145 g/mol. The molecule has 0 heterocycles. The van der Waals surface area contributed by atoms with Gasteiger partial charge in [-0.1, -0.05) is 13.8 Å². The van der Waals surface area contributed by atoms with Crippen molar-refractivity contribution in [3.8, 4) is 0 Å². The van der Waals surface area contributed by atoms with Crippen LogP contribution in [0.1, 0.15) is 33.1 Å². The van der Waals surface area contributed by atoms with E-state index in [9.17, 15) is 5.11 Å². The lowest BCUT2D eigenvalue weighted by Crippen LogP contribution is -2.26. The second kappa shape index (κ2) is 4.28. The first-order chi connectivity index (χ1) is 4.68. The molecule has 60 valence electrons. The molecule has 0 aromatic rings. The molecule has 0 rings (SSSR count). The van der Waals surface area contributed by atoms with Crippen LogP contribution in [0, 0.1) is 0 Å². The highest BCUT2D eigenvalue weighted by atomic mass is 16.4. The van der Waals surface area contributed by atoms with Crippen LogP contribution in [0.2, 0.25) is 0 Å². The summed E-state index contributed by atoms with van der Waals surface area (Å²) in [5.74, 6) is 0.